The van der Waals surface area contributed by atoms with Crippen LogP contribution in [-0.4, -0.2) is 10.8 Å². The average molecular weight is 193 g/mol. The Morgan fingerprint density at radius 3 is 2.62 bits per heavy atom. The molecule has 0 fully saturated rings. The summed E-state index contributed by atoms with van der Waals surface area (Å²) in [7, 11) is 0. The number of rotatable bonds is 2. The van der Waals surface area contributed by atoms with E-state index in [-0.39, 0.29) is 5.78 Å². The molecule has 0 saturated heterocycles. The molecule has 0 unspecified atom stereocenters. The van der Waals surface area contributed by atoms with Crippen LogP contribution in [0.5, 0.6) is 0 Å². The summed E-state index contributed by atoms with van der Waals surface area (Å²) < 4.78 is 0. The molecule has 0 heterocycles. The van der Waals surface area contributed by atoms with Crippen molar-refractivity contribution in [3.63, 3.8) is 0 Å². The Kier molecular flexibility index (Phi) is 3.14. The monoisotopic (exact) mass is 193 g/mol. The molecule has 0 spiro atoms. The second-order valence-corrected chi connectivity index (χ2v) is 3.43. The minimum absolute atomic E-state index is 0.0608. The van der Waals surface area contributed by atoms with Crippen LogP contribution in [0.1, 0.15) is 24.2 Å². The lowest BCUT2D eigenvalue weighted by Crippen LogP contribution is -2.04. The lowest BCUT2D eigenvalue weighted by molar-refractivity contribution is 0.101. The van der Waals surface area contributed by atoms with E-state index in [1.165, 1.54) is 0 Å². The minimum atomic E-state index is 0.0608. The zero-order valence-electron chi connectivity index (χ0n) is 7.63. The molecule has 68 valence electrons. The first-order valence-corrected chi connectivity index (χ1v) is 4.39. The molecule has 0 bridgehead atoms. The van der Waals surface area contributed by atoms with Gasteiger partial charge in [-0.25, -0.2) is 0 Å². The summed E-state index contributed by atoms with van der Waals surface area (Å²) in [5, 5.41) is 2.98. The third-order valence-corrected chi connectivity index (χ3v) is 1.69. The molecule has 0 aromatic heterocycles. The van der Waals surface area contributed by atoms with E-state index in [0.29, 0.717) is 10.6 Å². The number of anilines is 1. The van der Waals surface area contributed by atoms with Crippen LogP contribution in [-0.2, 0) is 0 Å². The molecule has 0 aliphatic heterocycles. The largest absolute Gasteiger partial charge is 0.350 e. The first kappa shape index (κ1) is 9.86. The maximum atomic E-state index is 11.0. The fourth-order valence-electron chi connectivity index (χ4n) is 1.02. The van der Waals surface area contributed by atoms with E-state index in [9.17, 15) is 4.79 Å². The second-order valence-electron chi connectivity index (χ2n) is 2.82. The van der Waals surface area contributed by atoms with Crippen LogP contribution < -0.4 is 5.32 Å². The van der Waals surface area contributed by atoms with Gasteiger partial charge in [0.15, 0.2) is 5.78 Å². The number of nitrogens with one attached hydrogen (secondary N) is 1. The van der Waals surface area contributed by atoms with Gasteiger partial charge in [-0.15, -0.1) is 0 Å². The summed E-state index contributed by atoms with van der Waals surface area (Å²) in [6.45, 7) is 3.35. The number of ketones is 1. The van der Waals surface area contributed by atoms with Crippen LogP contribution in [0.15, 0.2) is 24.3 Å². The Balaban J connectivity index is 2.91. The van der Waals surface area contributed by atoms with Gasteiger partial charge in [0.25, 0.3) is 0 Å². The van der Waals surface area contributed by atoms with E-state index < -0.39 is 0 Å². The molecule has 0 saturated carbocycles. The van der Waals surface area contributed by atoms with Gasteiger partial charge in [-0.05, 0) is 26.0 Å². The normalized spacial score (nSPS) is 9.38. The van der Waals surface area contributed by atoms with E-state index in [1.54, 1.807) is 26.0 Å². The van der Waals surface area contributed by atoms with Crippen molar-refractivity contribution in [1.29, 1.82) is 0 Å². The first-order chi connectivity index (χ1) is 6.09. The highest BCUT2D eigenvalue weighted by Gasteiger charge is 1.99. The fraction of sp³-hybridized carbons (Fsp3) is 0.200. The van der Waals surface area contributed by atoms with Gasteiger partial charge in [-0.3, -0.25) is 4.79 Å². The van der Waals surface area contributed by atoms with Gasteiger partial charge >= 0.3 is 0 Å². The maximum Gasteiger partial charge on any atom is 0.159 e. The van der Waals surface area contributed by atoms with Crippen LogP contribution >= 0.6 is 12.2 Å². The van der Waals surface area contributed by atoms with Crippen LogP contribution in [0.25, 0.3) is 0 Å². The molecule has 1 rings (SSSR count). The van der Waals surface area contributed by atoms with E-state index in [4.69, 9.17) is 12.2 Å². The second kappa shape index (κ2) is 4.14. The molecule has 0 atom stereocenters. The van der Waals surface area contributed by atoms with Gasteiger partial charge < -0.3 is 5.32 Å². The molecule has 0 aliphatic carbocycles. The van der Waals surface area contributed by atoms with Crippen LogP contribution in [0.2, 0.25) is 0 Å². The molecular weight excluding hydrogens is 182 g/mol. The number of thiocarbonyl (C=S) groups is 1. The smallest absolute Gasteiger partial charge is 0.159 e. The highest BCUT2D eigenvalue weighted by atomic mass is 32.1. The van der Waals surface area contributed by atoms with Crippen molar-refractivity contribution >= 4 is 28.7 Å². The summed E-state index contributed by atoms with van der Waals surface area (Å²) >= 11 is 4.89. The molecule has 1 aromatic rings. The summed E-state index contributed by atoms with van der Waals surface area (Å²) in [4.78, 5) is 11.7. The number of hydrogen-bond acceptors (Lipinski definition) is 2. The number of carbonyl (C=O) groups is 1. The lowest BCUT2D eigenvalue weighted by atomic mass is 10.1. The van der Waals surface area contributed by atoms with Crippen molar-refractivity contribution in [3.05, 3.63) is 29.8 Å². The standard InChI is InChI=1S/C10H11NOS/c1-7(12)9-4-3-5-10(6-9)11-8(2)13/h3-6H,1-2H3,(H,11,13). The fourth-order valence-corrected chi connectivity index (χ4v) is 1.14. The van der Waals surface area contributed by atoms with Gasteiger partial charge in [-0.1, -0.05) is 24.4 Å². The summed E-state index contributed by atoms with van der Waals surface area (Å²) in [5.74, 6) is 0.0608. The van der Waals surface area contributed by atoms with Gasteiger partial charge in [0, 0.05) is 11.3 Å². The number of Topliss-reactive ketones (excluding diaryl/α,β-unsaturated/α-hetero) is 1. The molecule has 2 nitrogen and oxygen atoms in total. The number of hydrogen-bond donors (Lipinski definition) is 1. The highest BCUT2D eigenvalue weighted by molar-refractivity contribution is 7.80. The molecule has 1 aromatic carbocycles. The van der Waals surface area contributed by atoms with Crippen LogP contribution in [0.3, 0.4) is 0 Å². The van der Waals surface area contributed by atoms with Crippen molar-refractivity contribution in [3.8, 4) is 0 Å². The van der Waals surface area contributed by atoms with E-state index >= 15 is 0 Å². The quantitative estimate of drug-likeness (QED) is 0.578. The highest BCUT2D eigenvalue weighted by Crippen LogP contribution is 2.10. The van der Waals surface area contributed by atoms with Crippen molar-refractivity contribution in [2.24, 2.45) is 0 Å². The number of carbonyl (C=O) groups excluding carboxylic acids is 1. The Morgan fingerprint density at radius 2 is 2.08 bits per heavy atom. The van der Waals surface area contributed by atoms with E-state index in [1.807, 2.05) is 12.1 Å². The van der Waals surface area contributed by atoms with Crippen molar-refractivity contribution < 1.29 is 4.79 Å². The summed E-state index contributed by atoms with van der Waals surface area (Å²) in [5.41, 5.74) is 1.56. The minimum Gasteiger partial charge on any atom is -0.350 e. The maximum absolute atomic E-state index is 11.0. The average Bonchev–Trinajstić information content (AvgIpc) is 2.03. The third kappa shape index (κ3) is 2.95. The van der Waals surface area contributed by atoms with E-state index in [0.717, 1.165) is 5.69 Å². The predicted molar refractivity (Wildman–Crippen MR) is 58.3 cm³/mol. The molecular formula is C10H11NOS. The lowest BCUT2D eigenvalue weighted by Gasteiger charge is -2.04. The topological polar surface area (TPSA) is 29.1 Å². The van der Waals surface area contributed by atoms with Gasteiger partial charge in [0.05, 0.1) is 4.99 Å². The molecule has 0 amide bonds. The zero-order chi connectivity index (χ0) is 9.84. The van der Waals surface area contributed by atoms with Crippen molar-refractivity contribution in [2.45, 2.75) is 13.8 Å². The summed E-state index contributed by atoms with van der Waals surface area (Å²) in [6, 6.07) is 7.28. The van der Waals surface area contributed by atoms with Crippen LogP contribution in [0.4, 0.5) is 5.69 Å². The molecule has 3 heteroatoms. The molecule has 0 aliphatic rings. The molecule has 0 radical (unpaired) electrons. The molecule has 1 N–H and O–H groups in total. The Labute approximate surface area is 83.0 Å². The van der Waals surface area contributed by atoms with Crippen LogP contribution in [0, 0.1) is 0 Å². The first-order valence-electron chi connectivity index (χ1n) is 3.98. The zero-order valence-corrected chi connectivity index (χ0v) is 8.44. The summed E-state index contributed by atoms with van der Waals surface area (Å²) in [6.07, 6.45) is 0. The van der Waals surface area contributed by atoms with Crippen molar-refractivity contribution in [2.75, 3.05) is 5.32 Å². The van der Waals surface area contributed by atoms with E-state index in [2.05, 4.69) is 5.32 Å². The number of benzene rings is 1. The SMILES string of the molecule is CC(=O)c1cccc(NC(C)=S)c1. The van der Waals surface area contributed by atoms with Gasteiger partial charge in [0.2, 0.25) is 0 Å². The predicted octanol–water partition coefficient (Wildman–Crippen LogP) is 2.65. The third-order valence-electron chi connectivity index (χ3n) is 1.59. The Morgan fingerprint density at radius 1 is 1.38 bits per heavy atom. The molecule has 13 heavy (non-hydrogen) atoms. The van der Waals surface area contributed by atoms with Crippen molar-refractivity contribution in [1.82, 2.24) is 0 Å². The van der Waals surface area contributed by atoms with Gasteiger partial charge in [0.1, 0.15) is 0 Å². The Hall–Kier alpha value is -1.22. The van der Waals surface area contributed by atoms with Gasteiger partial charge in [-0.2, -0.15) is 0 Å². The Bertz CT molecular complexity index is 347.